The van der Waals surface area contributed by atoms with Gasteiger partial charge in [-0.05, 0) is 0 Å². The molecule has 0 fully saturated rings. The van der Waals surface area contributed by atoms with Crippen molar-refractivity contribution >= 4 is 69.0 Å². The third-order valence-electron chi connectivity index (χ3n) is 0. The summed E-state index contributed by atoms with van der Waals surface area (Å²) in [6.07, 6.45) is 0. The normalized spacial score (nSPS) is 3.89. The van der Waals surface area contributed by atoms with E-state index in [0.29, 0.717) is 0 Å². The Bertz CT molecular complexity index is 43.5. The van der Waals surface area contributed by atoms with Gasteiger partial charge in [0.25, 0.3) is 0 Å². The molecule has 9 heavy (non-hydrogen) atoms. The predicted molar refractivity (Wildman–Crippen MR) is 34.1 cm³/mol. The minimum absolute atomic E-state index is 0. The fourth-order valence-electron chi connectivity index (χ4n) is 0. The summed E-state index contributed by atoms with van der Waals surface area (Å²) in [5.74, 6) is 0. The molecule has 0 heterocycles. The van der Waals surface area contributed by atoms with Crippen LogP contribution in [0.3, 0.4) is 0 Å². The van der Waals surface area contributed by atoms with Gasteiger partial charge in [0.05, 0.1) is 0 Å². The van der Waals surface area contributed by atoms with Crippen LogP contribution in [0.2, 0.25) is 0 Å². The largest absolute Gasteiger partial charge is 0.316 e. The Balaban J connectivity index is -0.00000000450. The van der Waals surface area contributed by atoms with E-state index < -0.39 is 8.25 Å². The number of hydrogen-bond donors (Lipinski definition) is 2. The van der Waals surface area contributed by atoms with Crippen LogP contribution in [0.4, 0.5) is 0 Å². The van der Waals surface area contributed by atoms with E-state index in [2.05, 4.69) is 0 Å². The van der Waals surface area contributed by atoms with E-state index >= 15 is 0 Å². The van der Waals surface area contributed by atoms with Crippen molar-refractivity contribution in [3.05, 3.63) is 0 Å². The molecule has 0 unspecified atom stereocenters. The summed E-state index contributed by atoms with van der Waals surface area (Å²) in [6, 6.07) is 0. The topological polar surface area (TPSA) is 89.0 Å². The van der Waals surface area contributed by atoms with E-state index in [0.717, 1.165) is 0 Å². The van der Waals surface area contributed by atoms with Crippen LogP contribution in [0.1, 0.15) is 0 Å². The average Bonchev–Trinajstić information content (AvgIpc) is 0.811. The fourth-order valence-corrected chi connectivity index (χ4v) is 0. The maximum absolute atomic E-state index is 8.74. The van der Waals surface area contributed by atoms with Crippen LogP contribution >= 0.6 is 8.25 Å². The summed E-state index contributed by atoms with van der Waals surface area (Å²) in [6.45, 7) is 0. The molecule has 4 nitrogen and oxygen atoms in total. The monoisotopic (exact) mass is 279 g/mol. The molecule has 0 saturated heterocycles. The first kappa shape index (κ1) is 39.9. The van der Waals surface area contributed by atoms with Crippen LogP contribution in [-0.4, -0.2) is 76.1 Å². The minimum atomic E-state index is -3.13. The molecule has 1 radical (unpaired) electrons. The summed E-state index contributed by atoms with van der Waals surface area (Å²) in [7, 11) is -3.13. The predicted octanol–water partition coefficient (Wildman–Crippen LogP) is -3.30. The van der Waals surface area contributed by atoms with Crippen LogP contribution in [0, 0.1) is 0 Å². The fraction of sp³-hybridized carbons (Fsp3) is 0. The van der Waals surface area contributed by atoms with Crippen molar-refractivity contribution in [2.24, 2.45) is 0 Å². The Morgan fingerprint density at radius 1 is 1.22 bits per heavy atom. The molecule has 0 rings (SSSR count). The van der Waals surface area contributed by atoms with Gasteiger partial charge in [-0.15, -0.1) is 0 Å². The van der Waals surface area contributed by atoms with Crippen molar-refractivity contribution in [3.8, 4) is 0 Å². The first-order valence-corrected chi connectivity index (χ1v) is 1.95. The maximum atomic E-state index is 8.74. The molecule has 0 aliphatic heterocycles. The quantitative estimate of drug-likeness (QED) is 0.359. The van der Waals surface area contributed by atoms with E-state index in [4.69, 9.17) is 14.4 Å². The van der Waals surface area contributed by atoms with Gasteiger partial charge < -0.3 is 15.3 Å². The molecule has 0 atom stereocenters. The second kappa shape index (κ2) is 30.3. The molecule has 0 amide bonds. The van der Waals surface area contributed by atoms with E-state index in [1.165, 1.54) is 0 Å². The van der Waals surface area contributed by atoms with E-state index in [1.54, 1.807) is 0 Å². The van der Waals surface area contributed by atoms with Gasteiger partial charge in [0, 0.05) is 34.1 Å². The zero-order chi connectivity index (χ0) is 3.58. The van der Waals surface area contributed by atoms with Gasteiger partial charge >= 0.3 is 69.0 Å². The van der Waals surface area contributed by atoms with Gasteiger partial charge in [0.15, 0.2) is 0 Å². The number of rotatable bonds is 0. The summed E-state index contributed by atoms with van der Waals surface area (Å²) >= 11 is 0. The van der Waals surface area contributed by atoms with Crippen molar-refractivity contribution in [2.45, 2.75) is 0 Å². The van der Waals surface area contributed by atoms with Gasteiger partial charge in [0.2, 0.25) is 0 Å². The smallest absolute Gasteiger partial charge is 0 e. The van der Waals surface area contributed by atoms with Crippen molar-refractivity contribution in [2.75, 3.05) is 0 Å². The van der Waals surface area contributed by atoms with Crippen molar-refractivity contribution in [3.63, 3.8) is 0 Å². The van der Waals surface area contributed by atoms with Crippen LogP contribution < -0.4 is 0 Å². The first-order valence-electron chi connectivity index (χ1n) is 0.651. The summed E-state index contributed by atoms with van der Waals surface area (Å²) < 4.78 is 8.74. The second-order valence-corrected chi connectivity index (χ2v) is 0.848. The summed E-state index contributed by atoms with van der Waals surface area (Å²) in [5, 5.41) is 0. The van der Waals surface area contributed by atoms with Crippen molar-refractivity contribution in [1.29, 1.82) is 0 Å². The van der Waals surface area contributed by atoms with E-state index in [9.17, 15) is 0 Å². The van der Waals surface area contributed by atoms with Crippen LogP contribution in [0.25, 0.3) is 0 Å². The van der Waals surface area contributed by atoms with Gasteiger partial charge in [-0.1, -0.05) is 0 Å². The molecule has 0 aromatic carbocycles. The van der Waals surface area contributed by atoms with Gasteiger partial charge in [-0.25, -0.2) is 0 Å². The van der Waals surface area contributed by atoms with Gasteiger partial charge in [-0.3, -0.25) is 4.57 Å². The second-order valence-electron chi connectivity index (χ2n) is 0.283. The van der Waals surface area contributed by atoms with Crippen LogP contribution in [-0.2, 0) is 38.7 Å². The third-order valence-corrected chi connectivity index (χ3v) is 0. The Kier molecular flexibility index (Phi) is 134. The average molecular weight is 279 g/mol. The third kappa shape index (κ3) is 93.3. The Morgan fingerprint density at radius 3 is 1.22 bits per heavy atom. The zero-order valence-corrected chi connectivity index (χ0v) is 6.32. The van der Waals surface area contributed by atoms with E-state index in [-0.39, 0.29) is 100 Å². The molecule has 0 aliphatic carbocycles. The van der Waals surface area contributed by atoms with Crippen molar-refractivity contribution < 1.29 is 54.0 Å². The molecule has 9 heteroatoms. The minimum Gasteiger partial charge on any atom is 0 e. The molecule has 0 saturated carbocycles. The molecular weight excluding hydrogens is 270 g/mol. The Labute approximate surface area is 121 Å². The number of hydrogen-bond acceptors (Lipinski definition) is 1. The molecule has 0 aliphatic rings. The van der Waals surface area contributed by atoms with Gasteiger partial charge in [-0.2, -0.15) is 0 Å². The SMILES string of the molecule is O.O=[PH](O)O.[CaH2].[Fe].[MgH2].[Mn]. The molecule has 0 bridgehead atoms. The summed E-state index contributed by atoms with van der Waals surface area (Å²) in [4.78, 5) is 14.3. The van der Waals surface area contributed by atoms with Crippen LogP contribution in [0.15, 0.2) is 0 Å². The Morgan fingerprint density at radius 2 is 1.22 bits per heavy atom. The molecule has 4 N–H and O–H groups in total. The van der Waals surface area contributed by atoms with E-state index in [1.807, 2.05) is 0 Å². The molecule has 0 spiro atoms. The maximum Gasteiger partial charge on any atom is 0.316 e. The van der Waals surface area contributed by atoms with Gasteiger partial charge in [0.1, 0.15) is 0 Å². The molecule has 0 aromatic rings. The van der Waals surface area contributed by atoms with Crippen molar-refractivity contribution in [1.82, 2.24) is 0 Å². The standard InChI is InChI=1S/Ca.Fe.Mg.Mn.H3O3P.H2O.4H/c;;;;1-4(2)3;;;;;/h;;;;4H,(H2,1,2,3);1H2;;;;. The zero-order valence-electron chi connectivity index (χ0n) is 3.03. The first-order chi connectivity index (χ1) is 1.73. The molecule has 0 aromatic heterocycles. The summed E-state index contributed by atoms with van der Waals surface area (Å²) in [5.41, 5.74) is 0. The molecule has 57 valence electrons. The molecular formula is H9CaFeMgMnO4P. The Hall–Kier alpha value is 3.17. The van der Waals surface area contributed by atoms with Crippen LogP contribution in [0.5, 0.6) is 0 Å².